The predicted molar refractivity (Wildman–Crippen MR) is 117 cm³/mol. The number of nitrogens with zero attached hydrogens (tertiary/aromatic N) is 1. The number of ether oxygens (including phenoxy) is 2. The lowest BCUT2D eigenvalue weighted by atomic mass is 9.73. The summed E-state index contributed by atoms with van der Waals surface area (Å²) >= 11 is 0. The first-order valence-electron chi connectivity index (χ1n) is 11.4. The zero-order chi connectivity index (χ0) is 23.6. The van der Waals surface area contributed by atoms with Crippen LogP contribution in [0.3, 0.4) is 0 Å². The molecular formula is C24H40N2O5. The van der Waals surface area contributed by atoms with E-state index in [2.05, 4.69) is 19.2 Å². The number of fused-ring (bicyclic) bond motifs is 1. The number of alkyl carbamates (subject to hydrolysis) is 1. The molecule has 1 saturated heterocycles. The van der Waals surface area contributed by atoms with Crippen LogP contribution in [0.25, 0.3) is 0 Å². The van der Waals surface area contributed by atoms with Crippen molar-refractivity contribution in [2.75, 3.05) is 13.7 Å². The van der Waals surface area contributed by atoms with E-state index >= 15 is 0 Å². The molecule has 2 saturated carbocycles. The molecule has 0 aromatic rings. The minimum absolute atomic E-state index is 0.0683. The number of rotatable bonds is 3. The van der Waals surface area contributed by atoms with Gasteiger partial charge in [0.1, 0.15) is 17.7 Å². The number of hydrogen-bond acceptors (Lipinski definition) is 5. The topological polar surface area (TPSA) is 84.9 Å². The van der Waals surface area contributed by atoms with Crippen LogP contribution in [-0.2, 0) is 19.1 Å². The summed E-state index contributed by atoms with van der Waals surface area (Å²) in [5.74, 6) is -0.630. The van der Waals surface area contributed by atoms with Crippen LogP contribution in [0.5, 0.6) is 0 Å². The van der Waals surface area contributed by atoms with Gasteiger partial charge in [0.15, 0.2) is 0 Å². The second-order valence-electron chi connectivity index (χ2n) is 12.3. The summed E-state index contributed by atoms with van der Waals surface area (Å²) in [7, 11) is 1.37. The second-order valence-corrected chi connectivity index (χ2v) is 12.3. The van der Waals surface area contributed by atoms with Crippen LogP contribution in [0, 0.1) is 21.7 Å². The van der Waals surface area contributed by atoms with Gasteiger partial charge in [-0.1, -0.05) is 41.0 Å². The van der Waals surface area contributed by atoms with Gasteiger partial charge in [-0.15, -0.1) is 0 Å². The Morgan fingerprint density at radius 3 is 2.00 bits per heavy atom. The van der Waals surface area contributed by atoms with Crippen LogP contribution in [0.2, 0.25) is 0 Å². The molecule has 0 aromatic carbocycles. The van der Waals surface area contributed by atoms with Crippen LogP contribution in [0.15, 0.2) is 0 Å². The molecule has 7 heteroatoms. The van der Waals surface area contributed by atoms with Crippen molar-refractivity contribution < 1.29 is 23.9 Å². The van der Waals surface area contributed by atoms with Gasteiger partial charge in [-0.2, -0.15) is 0 Å². The number of hydrogen-bond donors (Lipinski definition) is 1. The molecule has 1 heterocycles. The van der Waals surface area contributed by atoms with Gasteiger partial charge in [-0.05, 0) is 56.3 Å². The van der Waals surface area contributed by atoms with E-state index < -0.39 is 29.2 Å². The summed E-state index contributed by atoms with van der Waals surface area (Å²) in [4.78, 5) is 40.7. The third-order valence-corrected chi connectivity index (χ3v) is 8.34. The maximum Gasteiger partial charge on any atom is 0.408 e. The lowest BCUT2D eigenvalue weighted by Crippen LogP contribution is -2.57. The van der Waals surface area contributed by atoms with Crippen LogP contribution in [-0.4, -0.2) is 54.2 Å². The molecule has 3 aliphatic rings. The Balaban J connectivity index is 1.89. The third kappa shape index (κ3) is 3.52. The molecule has 31 heavy (non-hydrogen) atoms. The highest BCUT2D eigenvalue weighted by Crippen LogP contribution is 2.88. The smallest absolute Gasteiger partial charge is 0.408 e. The van der Waals surface area contributed by atoms with Crippen LogP contribution in [0.4, 0.5) is 4.79 Å². The molecular weight excluding hydrogens is 396 g/mol. The lowest BCUT2D eigenvalue weighted by Gasteiger charge is -2.36. The maximum atomic E-state index is 13.8. The fourth-order valence-corrected chi connectivity index (χ4v) is 6.42. The van der Waals surface area contributed by atoms with Crippen LogP contribution in [0.1, 0.15) is 81.1 Å². The Hall–Kier alpha value is -1.79. The molecule has 7 nitrogen and oxygen atoms in total. The molecule has 3 rings (SSSR count). The standard InChI is InChI=1S/C24H40N2O5/c1-20(2,3)16(25-19(29)31-21(4,5)6)17(27)26-14-24(13-15(26)18(28)30-9)22(7,8)23(24)11-10-12-23/h15-16H,10-14H2,1-9H3,(H,25,29)/t15?,16-,24-/m1/s1. The van der Waals surface area contributed by atoms with Gasteiger partial charge in [0.2, 0.25) is 5.91 Å². The molecule has 0 bridgehead atoms. The molecule has 3 atom stereocenters. The van der Waals surface area contributed by atoms with E-state index in [0.717, 1.165) is 12.8 Å². The molecule has 2 amide bonds. The quantitative estimate of drug-likeness (QED) is 0.679. The van der Waals surface area contributed by atoms with E-state index in [-0.39, 0.29) is 28.1 Å². The number of methoxy groups -OCH3 is 1. The number of amides is 2. The summed E-state index contributed by atoms with van der Waals surface area (Å²) < 4.78 is 10.5. The van der Waals surface area contributed by atoms with Gasteiger partial charge in [0.05, 0.1) is 7.11 Å². The number of carbonyl (C=O) groups is 3. The Morgan fingerprint density at radius 2 is 1.61 bits per heavy atom. The van der Waals surface area contributed by atoms with Crippen LogP contribution < -0.4 is 5.32 Å². The summed E-state index contributed by atoms with van der Waals surface area (Å²) in [6.07, 6.45) is 3.49. The number of likely N-dealkylation sites (tertiary alicyclic amines) is 1. The normalized spacial score (nSPS) is 29.3. The first kappa shape index (κ1) is 23.9. The largest absolute Gasteiger partial charge is 0.467 e. The van der Waals surface area contributed by atoms with E-state index in [0.29, 0.717) is 13.0 Å². The Kier molecular flexibility index (Phi) is 5.47. The van der Waals surface area contributed by atoms with Crippen molar-refractivity contribution in [1.29, 1.82) is 0 Å². The first-order valence-corrected chi connectivity index (χ1v) is 11.4. The molecule has 2 aliphatic carbocycles. The van der Waals surface area contributed by atoms with Gasteiger partial charge in [-0.25, -0.2) is 9.59 Å². The van der Waals surface area contributed by atoms with E-state index in [1.54, 1.807) is 25.7 Å². The highest BCUT2D eigenvalue weighted by Gasteiger charge is 2.85. The van der Waals surface area contributed by atoms with Crippen LogP contribution >= 0.6 is 0 Å². The van der Waals surface area contributed by atoms with E-state index in [4.69, 9.17) is 9.47 Å². The maximum absolute atomic E-state index is 13.8. The summed E-state index contributed by atoms with van der Waals surface area (Å²) in [5.41, 5.74) is -1.01. The van der Waals surface area contributed by atoms with Crippen molar-refractivity contribution in [2.45, 2.75) is 98.8 Å². The Bertz CT molecular complexity index is 772. The molecule has 3 fully saturated rings. The molecule has 176 valence electrons. The summed E-state index contributed by atoms with van der Waals surface area (Å²) in [5, 5.41) is 2.78. The predicted octanol–water partition coefficient (Wildman–Crippen LogP) is 3.90. The molecule has 1 unspecified atom stereocenters. The Morgan fingerprint density at radius 1 is 1.03 bits per heavy atom. The zero-order valence-electron chi connectivity index (χ0n) is 20.7. The molecule has 0 aromatic heterocycles. The van der Waals surface area contributed by atoms with E-state index in [1.165, 1.54) is 13.5 Å². The molecule has 1 N–H and O–H groups in total. The monoisotopic (exact) mass is 436 g/mol. The molecule has 2 spiro atoms. The summed E-state index contributed by atoms with van der Waals surface area (Å²) in [6.45, 7) is 16.1. The zero-order valence-corrected chi connectivity index (χ0v) is 20.7. The molecule has 0 radical (unpaired) electrons. The fraction of sp³-hybridized carbons (Fsp3) is 0.875. The number of esters is 1. The van der Waals surface area contributed by atoms with Gasteiger partial charge in [0.25, 0.3) is 0 Å². The second kappa shape index (κ2) is 7.11. The Labute approximate surface area is 186 Å². The summed E-state index contributed by atoms with van der Waals surface area (Å²) in [6, 6.07) is -1.44. The van der Waals surface area contributed by atoms with Crippen molar-refractivity contribution in [3.8, 4) is 0 Å². The van der Waals surface area contributed by atoms with Gasteiger partial charge < -0.3 is 19.7 Å². The van der Waals surface area contributed by atoms with Crippen molar-refractivity contribution >= 4 is 18.0 Å². The average Bonchev–Trinajstić information content (AvgIpc) is 2.85. The highest BCUT2D eigenvalue weighted by atomic mass is 16.6. The van der Waals surface area contributed by atoms with E-state index in [1.807, 2.05) is 20.8 Å². The van der Waals surface area contributed by atoms with Crippen molar-refractivity contribution in [3.05, 3.63) is 0 Å². The van der Waals surface area contributed by atoms with Crippen molar-refractivity contribution in [1.82, 2.24) is 10.2 Å². The fourth-order valence-electron chi connectivity index (χ4n) is 6.42. The molecule has 1 aliphatic heterocycles. The van der Waals surface area contributed by atoms with E-state index in [9.17, 15) is 14.4 Å². The first-order chi connectivity index (χ1) is 14.0. The SMILES string of the molecule is COC(=O)C1C[C@@]2(CN1C(=O)[C@@H](NC(=O)OC(C)(C)C)C(C)(C)C)C(C)(C)C21CCC1. The third-order valence-electron chi connectivity index (χ3n) is 8.34. The minimum atomic E-state index is -0.816. The number of carbonyl (C=O) groups excluding carboxylic acids is 3. The van der Waals surface area contributed by atoms with Gasteiger partial charge in [0, 0.05) is 12.0 Å². The lowest BCUT2D eigenvalue weighted by molar-refractivity contribution is -0.152. The van der Waals surface area contributed by atoms with Crippen molar-refractivity contribution in [2.24, 2.45) is 21.7 Å². The average molecular weight is 437 g/mol. The number of nitrogens with one attached hydrogen (secondary N) is 1. The van der Waals surface area contributed by atoms with Gasteiger partial charge >= 0.3 is 12.1 Å². The van der Waals surface area contributed by atoms with Crippen molar-refractivity contribution in [3.63, 3.8) is 0 Å². The minimum Gasteiger partial charge on any atom is -0.467 e. The van der Waals surface area contributed by atoms with Gasteiger partial charge in [-0.3, -0.25) is 4.79 Å². The highest BCUT2D eigenvalue weighted by molar-refractivity contribution is 5.91.